The summed E-state index contributed by atoms with van der Waals surface area (Å²) in [7, 11) is 0. The molecule has 1 amide bonds. The number of carbonyl (C=O) groups excluding carboxylic acids is 1. The fraction of sp³-hybridized carbons (Fsp3) is 0.417. The summed E-state index contributed by atoms with van der Waals surface area (Å²) in [4.78, 5) is 16.8. The van der Waals surface area contributed by atoms with Gasteiger partial charge in [-0.3, -0.25) is 4.79 Å². The number of unbranched alkanes of at least 4 members (excludes halogenated alkanes) is 1. The lowest BCUT2D eigenvalue weighted by Gasteiger charge is -2.12. The van der Waals surface area contributed by atoms with Crippen LogP contribution in [0.1, 0.15) is 42.6 Å². The Hall–Kier alpha value is -2.53. The maximum absolute atomic E-state index is 12.0. The molecule has 3 aromatic rings. The fourth-order valence-electron chi connectivity index (χ4n) is 3.72. The van der Waals surface area contributed by atoms with E-state index in [9.17, 15) is 4.79 Å². The Morgan fingerprint density at radius 2 is 1.93 bits per heavy atom. The summed E-state index contributed by atoms with van der Waals surface area (Å²) in [5.74, 6) is 2.14. The van der Waals surface area contributed by atoms with Crippen LogP contribution in [0.3, 0.4) is 0 Å². The zero-order chi connectivity index (χ0) is 21.1. The largest absolute Gasteiger partial charge is 0.494 e. The van der Waals surface area contributed by atoms with E-state index in [0.29, 0.717) is 13.2 Å². The summed E-state index contributed by atoms with van der Waals surface area (Å²) in [5.41, 5.74) is 4.15. The van der Waals surface area contributed by atoms with Gasteiger partial charge in [0.2, 0.25) is 5.91 Å². The predicted octanol–water partition coefficient (Wildman–Crippen LogP) is 5.19. The molecular weight excluding hydrogens is 398 g/mol. The molecule has 6 heteroatoms. The number of carbonyl (C=O) groups is 1. The number of hydrogen-bond donors (Lipinski definition) is 1. The zero-order valence-electron chi connectivity index (χ0n) is 17.6. The summed E-state index contributed by atoms with van der Waals surface area (Å²) in [5, 5.41) is 3.84. The van der Waals surface area contributed by atoms with Crippen LogP contribution in [0.2, 0.25) is 5.02 Å². The molecule has 1 fully saturated rings. The summed E-state index contributed by atoms with van der Waals surface area (Å²) in [6.07, 6.45) is 3.92. The van der Waals surface area contributed by atoms with Gasteiger partial charge in [0.25, 0.3) is 0 Å². The third-order valence-corrected chi connectivity index (χ3v) is 6.15. The van der Waals surface area contributed by atoms with Crippen molar-refractivity contribution >= 4 is 28.5 Å². The van der Waals surface area contributed by atoms with Gasteiger partial charge in [-0.2, -0.15) is 0 Å². The average Bonchev–Trinajstić information content (AvgIpc) is 3.52. The number of fused-ring (bicyclic) bond motifs is 1. The molecule has 0 aliphatic heterocycles. The van der Waals surface area contributed by atoms with Crippen molar-refractivity contribution in [1.29, 1.82) is 0 Å². The zero-order valence-corrected chi connectivity index (χ0v) is 18.3. The fourth-order valence-corrected chi connectivity index (χ4v) is 3.83. The van der Waals surface area contributed by atoms with Crippen molar-refractivity contribution in [2.75, 3.05) is 6.61 Å². The van der Waals surface area contributed by atoms with E-state index in [0.717, 1.165) is 71.0 Å². The van der Waals surface area contributed by atoms with E-state index in [1.54, 1.807) is 0 Å². The van der Waals surface area contributed by atoms with E-state index < -0.39 is 0 Å². The van der Waals surface area contributed by atoms with E-state index in [1.807, 2.05) is 44.2 Å². The molecule has 0 atom stereocenters. The van der Waals surface area contributed by atoms with Crippen LogP contribution in [0.25, 0.3) is 11.0 Å². The number of aromatic nitrogens is 2. The van der Waals surface area contributed by atoms with Crippen molar-refractivity contribution in [2.24, 2.45) is 5.92 Å². The number of para-hydroxylation sites is 2. The Morgan fingerprint density at radius 3 is 2.67 bits per heavy atom. The molecule has 1 saturated carbocycles. The number of nitrogens with one attached hydrogen (secondary N) is 1. The maximum atomic E-state index is 12.0. The molecule has 1 aliphatic rings. The van der Waals surface area contributed by atoms with Gasteiger partial charge in [0.15, 0.2) is 0 Å². The van der Waals surface area contributed by atoms with Gasteiger partial charge < -0.3 is 14.6 Å². The topological polar surface area (TPSA) is 56.1 Å². The molecule has 1 aliphatic carbocycles. The second-order valence-corrected chi connectivity index (χ2v) is 8.47. The first-order valence-corrected chi connectivity index (χ1v) is 11.0. The van der Waals surface area contributed by atoms with Crippen molar-refractivity contribution in [3.05, 3.63) is 58.4 Å². The minimum atomic E-state index is 0.149. The van der Waals surface area contributed by atoms with Crippen LogP contribution in [0, 0.1) is 19.8 Å². The van der Waals surface area contributed by atoms with E-state index in [4.69, 9.17) is 21.3 Å². The molecule has 5 nitrogen and oxygen atoms in total. The van der Waals surface area contributed by atoms with E-state index in [2.05, 4.69) is 16.0 Å². The Labute approximate surface area is 182 Å². The third-order valence-electron chi connectivity index (χ3n) is 5.56. The van der Waals surface area contributed by atoms with Crippen LogP contribution in [0.15, 0.2) is 36.4 Å². The van der Waals surface area contributed by atoms with Crippen LogP contribution >= 0.6 is 11.6 Å². The van der Waals surface area contributed by atoms with Gasteiger partial charge in [0.1, 0.15) is 11.6 Å². The van der Waals surface area contributed by atoms with Crippen LogP contribution in [0.4, 0.5) is 0 Å². The molecule has 0 radical (unpaired) electrons. The summed E-state index contributed by atoms with van der Waals surface area (Å²) in [6, 6.07) is 12.1. The van der Waals surface area contributed by atoms with Crippen molar-refractivity contribution in [3.8, 4) is 5.75 Å². The summed E-state index contributed by atoms with van der Waals surface area (Å²) in [6.45, 7) is 5.97. The first kappa shape index (κ1) is 20.7. The van der Waals surface area contributed by atoms with E-state index in [-0.39, 0.29) is 11.8 Å². The van der Waals surface area contributed by atoms with Crippen LogP contribution in [0.5, 0.6) is 5.75 Å². The standard InChI is InChI=1S/C24H28ClN3O2/c1-16-13-19(14-17(2)23(16)25)30-12-6-5-11-28-21-8-4-3-7-20(21)27-22(28)15-26-24(29)18-9-10-18/h3-4,7-8,13-14,18H,5-6,9-12,15H2,1-2H3,(H,26,29). The monoisotopic (exact) mass is 425 g/mol. The number of halogens is 1. The number of hydrogen-bond acceptors (Lipinski definition) is 3. The minimum absolute atomic E-state index is 0.149. The highest BCUT2D eigenvalue weighted by Crippen LogP contribution is 2.29. The van der Waals surface area contributed by atoms with Gasteiger partial charge in [-0.15, -0.1) is 0 Å². The number of imidazole rings is 1. The number of rotatable bonds is 9. The van der Waals surface area contributed by atoms with Gasteiger partial charge in [0.05, 0.1) is 24.2 Å². The minimum Gasteiger partial charge on any atom is -0.494 e. The van der Waals surface area contributed by atoms with Crippen molar-refractivity contribution in [1.82, 2.24) is 14.9 Å². The van der Waals surface area contributed by atoms with Crippen LogP contribution < -0.4 is 10.1 Å². The molecule has 0 unspecified atom stereocenters. The Kier molecular flexibility index (Phi) is 6.28. The van der Waals surface area contributed by atoms with Gasteiger partial charge in [-0.25, -0.2) is 4.98 Å². The van der Waals surface area contributed by atoms with Gasteiger partial charge in [0, 0.05) is 17.5 Å². The second-order valence-electron chi connectivity index (χ2n) is 8.09. The molecule has 1 N–H and O–H groups in total. The van der Waals surface area contributed by atoms with Crippen LogP contribution in [-0.4, -0.2) is 22.1 Å². The third kappa shape index (κ3) is 4.78. The van der Waals surface area contributed by atoms with Gasteiger partial charge in [-0.05, 0) is 74.9 Å². The molecule has 0 saturated heterocycles. The first-order valence-electron chi connectivity index (χ1n) is 10.6. The number of amides is 1. The second kappa shape index (κ2) is 9.09. The smallest absolute Gasteiger partial charge is 0.223 e. The van der Waals surface area contributed by atoms with Crippen molar-refractivity contribution in [2.45, 2.75) is 52.6 Å². The van der Waals surface area contributed by atoms with Crippen molar-refractivity contribution < 1.29 is 9.53 Å². The molecular formula is C24H28ClN3O2. The Morgan fingerprint density at radius 1 is 1.20 bits per heavy atom. The lowest BCUT2D eigenvalue weighted by Crippen LogP contribution is -2.26. The number of nitrogens with zero attached hydrogens (tertiary/aromatic N) is 2. The molecule has 4 rings (SSSR count). The Balaban J connectivity index is 1.34. The lowest BCUT2D eigenvalue weighted by molar-refractivity contribution is -0.122. The van der Waals surface area contributed by atoms with Gasteiger partial charge in [-0.1, -0.05) is 23.7 Å². The molecule has 0 spiro atoms. The van der Waals surface area contributed by atoms with E-state index in [1.165, 1.54) is 0 Å². The highest BCUT2D eigenvalue weighted by atomic mass is 35.5. The molecule has 158 valence electrons. The molecule has 30 heavy (non-hydrogen) atoms. The van der Waals surface area contributed by atoms with E-state index >= 15 is 0 Å². The normalized spacial score (nSPS) is 13.6. The lowest BCUT2D eigenvalue weighted by atomic mass is 10.1. The molecule has 2 aromatic carbocycles. The summed E-state index contributed by atoms with van der Waals surface area (Å²) < 4.78 is 8.15. The highest BCUT2D eigenvalue weighted by Gasteiger charge is 2.29. The van der Waals surface area contributed by atoms with Crippen molar-refractivity contribution in [3.63, 3.8) is 0 Å². The average molecular weight is 426 g/mol. The first-order chi connectivity index (χ1) is 14.5. The molecule has 1 heterocycles. The summed E-state index contributed by atoms with van der Waals surface area (Å²) >= 11 is 6.23. The SMILES string of the molecule is Cc1cc(OCCCCn2c(CNC(=O)C3CC3)nc3ccccc32)cc(C)c1Cl. The predicted molar refractivity (Wildman–Crippen MR) is 120 cm³/mol. The Bertz CT molecular complexity index is 1030. The number of aryl methyl sites for hydroxylation is 3. The molecule has 1 aromatic heterocycles. The highest BCUT2D eigenvalue weighted by molar-refractivity contribution is 6.32. The van der Waals surface area contributed by atoms with Crippen LogP contribution in [-0.2, 0) is 17.9 Å². The van der Waals surface area contributed by atoms with Gasteiger partial charge >= 0.3 is 0 Å². The quantitative estimate of drug-likeness (QED) is 0.480. The number of ether oxygens (including phenoxy) is 1. The molecule has 0 bridgehead atoms. The maximum Gasteiger partial charge on any atom is 0.223 e. The number of benzene rings is 2.